The largest absolute Gasteiger partial charge is 0.334 e. The monoisotopic (exact) mass is 324 g/mol. The van der Waals surface area contributed by atoms with E-state index in [-0.39, 0.29) is 11.7 Å². The summed E-state index contributed by atoms with van der Waals surface area (Å²) >= 11 is 0. The molecule has 0 saturated carbocycles. The van der Waals surface area contributed by atoms with Gasteiger partial charge in [-0.25, -0.2) is 9.50 Å². The van der Waals surface area contributed by atoms with E-state index in [1.165, 1.54) is 5.56 Å². The van der Waals surface area contributed by atoms with Crippen LogP contribution in [0.15, 0.2) is 42.6 Å². The number of nitrogens with zero attached hydrogens (tertiary/aromatic N) is 5. The number of aromatic nitrogens is 4. The standard InChI is InChI=1S/C17H20N6O/c1-13-7-10-19-17-20-15(21-23(13)17)16(24)22(12-9-18)11-8-14-5-3-2-4-6-14/h2-7,10H,8-9,11-12,18H2,1H3. The number of hydrogen-bond donors (Lipinski definition) is 1. The Balaban J connectivity index is 1.78. The van der Waals surface area contributed by atoms with Crippen molar-refractivity contribution in [1.82, 2.24) is 24.5 Å². The lowest BCUT2D eigenvalue weighted by Gasteiger charge is -2.20. The highest BCUT2D eigenvalue weighted by Gasteiger charge is 2.20. The molecule has 124 valence electrons. The Morgan fingerprint density at radius 3 is 2.71 bits per heavy atom. The molecule has 2 N–H and O–H groups in total. The SMILES string of the molecule is Cc1ccnc2nc(C(=O)N(CCN)CCc3ccccc3)nn12. The average molecular weight is 324 g/mol. The molecule has 1 amide bonds. The topological polar surface area (TPSA) is 89.4 Å². The van der Waals surface area contributed by atoms with E-state index in [4.69, 9.17) is 5.73 Å². The molecule has 0 atom stereocenters. The van der Waals surface area contributed by atoms with Crippen LogP contribution in [-0.4, -0.2) is 50.0 Å². The summed E-state index contributed by atoms with van der Waals surface area (Å²) in [6.45, 7) is 3.32. The minimum atomic E-state index is -0.221. The van der Waals surface area contributed by atoms with Gasteiger partial charge in [0.2, 0.25) is 5.82 Å². The molecule has 7 heteroatoms. The number of carbonyl (C=O) groups is 1. The molecule has 7 nitrogen and oxygen atoms in total. The quantitative estimate of drug-likeness (QED) is 0.733. The van der Waals surface area contributed by atoms with Gasteiger partial charge in [-0.05, 0) is 25.0 Å². The Hall–Kier alpha value is -2.80. The van der Waals surface area contributed by atoms with Crippen molar-refractivity contribution in [2.45, 2.75) is 13.3 Å². The number of nitrogens with two attached hydrogens (primary N) is 1. The van der Waals surface area contributed by atoms with Gasteiger partial charge in [-0.1, -0.05) is 30.3 Å². The van der Waals surface area contributed by atoms with E-state index in [2.05, 4.69) is 15.1 Å². The average Bonchev–Trinajstić information content (AvgIpc) is 3.04. The first-order valence-electron chi connectivity index (χ1n) is 7.90. The van der Waals surface area contributed by atoms with E-state index in [1.54, 1.807) is 15.6 Å². The first-order valence-corrected chi connectivity index (χ1v) is 7.90. The second-order valence-electron chi connectivity index (χ2n) is 5.55. The number of hydrogen-bond acceptors (Lipinski definition) is 5. The summed E-state index contributed by atoms with van der Waals surface area (Å²) in [7, 11) is 0. The highest BCUT2D eigenvalue weighted by Crippen LogP contribution is 2.07. The van der Waals surface area contributed by atoms with E-state index < -0.39 is 0 Å². The van der Waals surface area contributed by atoms with Crippen molar-refractivity contribution in [2.24, 2.45) is 5.73 Å². The molecule has 1 aromatic carbocycles. The lowest BCUT2D eigenvalue weighted by Crippen LogP contribution is -2.37. The number of rotatable bonds is 6. The molecular weight excluding hydrogens is 304 g/mol. The predicted octanol–water partition coefficient (Wildman–Crippen LogP) is 1.08. The van der Waals surface area contributed by atoms with Gasteiger partial charge in [-0.2, -0.15) is 4.98 Å². The molecule has 24 heavy (non-hydrogen) atoms. The summed E-state index contributed by atoms with van der Waals surface area (Å²) in [6.07, 6.45) is 2.41. The summed E-state index contributed by atoms with van der Waals surface area (Å²) in [4.78, 5) is 22.8. The van der Waals surface area contributed by atoms with Crippen LogP contribution in [0.5, 0.6) is 0 Å². The van der Waals surface area contributed by atoms with E-state index in [1.807, 2.05) is 43.3 Å². The Bertz CT molecular complexity index is 829. The Labute approximate surface area is 140 Å². The van der Waals surface area contributed by atoms with Crippen LogP contribution in [0.4, 0.5) is 0 Å². The molecule has 0 spiro atoms. The molecule has 0 unspecified atom stereocenters. The highest BCUT2D eigenvalue weighted by atomic mass is 16.2. The third kappa shape index (κ3) is 3.41. The van der Waals surface area contributed by atoms with Gasteiger partial charge in [0, 0.05) is 31.5 Å². The third-order valence-corrected chi connectivity index (χ3v) is 3.82. The number of fused-ring (bicyclic) bond motifs is 1. The van der Waals surface area contributed by atoms with Crippen LogP contribution in [0, 0.1) is 6.92 Å². The van der Waals surface area contributed by atoms with Gasteiger partial charge >= 0.3 is 0 Å². The van der Waals surface area contributed by atoms with Crippen molar-refractivity contribution in [3.8, 4) is 0 Å². The van der Waals surface area contributed by atoms with E-state index >= 15 is 0 Å². The van der Waals surface area contributed by atoms with Gasteiger partial charge in [-0.15, -0.1) is 5.10 Å². The normalized spacial score (nSPS) is 10.9. The van der Waals surface area contributed by atoms with Gasteiger partial charge in [0.05, 0.1) is 0 Å². The molecule has 0 bridgehead atoms. The zero-order chi connectivity index (χ0) is 16.9. The molecule has 0 aliphatic rings. The second-order valence-corrected chi connectivity index (χ2v) is 5.55. The Kier molecular flexibility index (Phi) is 4.81. The van der Waals surface area contributed by atoms with Crippen LogP contribution in [0.25, 0.3) is 5.78 Å². The third-order valence-electron chi connectivity index (χ3n) is 3.82. The first kappa shape index (κ1) is 16.1. The van der Waals surface area contributed by atoms with E-state index in [9.17, 15) is 4.79 Å². The molecule has 3 aromatic rings. The number of amides is 1. The fourth-order valence-electron chi connectivity index (χ4n) is 2.52. The molecule has 2 aromatic heterocycles. The summed E-state index contributed by atoms with van der Waals surface area (Å²) in [5.74, 6) is 0.355. The van der Waals surface area contributed by atoms with Gasteiger partial charge < -0.3 is 10.6 Å². The van der Waals surface area contributed by atoms with Crippen LogP contribution in [0.1, 0.15) is 21.9 Å². The lowest BCUT2D eigenvalue weighted by atomic mass is 10.1. The van der Waals surface area contributed by atoms with Crippen molar-refractivity contribution in [3.63, 3.8) is 0 Å². The minimum Gasteiger partial charge on any atom is -0.334 e. The van der Waals surface area contributed by atoms with Gasteiger partial charge in [0.15, 0.2) is 0 Å². The number of aryl methyl sites for hydroxylation is 1. The van der Waals surface area contributed by atoms with E-state index in [0.29, 0.717) is 25.4 Å². The summed E-state index contributed by atoms with van der Waals surface area (Å²) in [5.41, 5.74) is 7.71. The highest BCUT2D eigenvalue weighted by molar-refractivity contribution is 5.90. The predicted molar refractivity (Wildman–Crippen MR) is 90.6 cm³/mol. The molecule has 0 radical (unpaired) electrons. The Morgan fingerprint density at radius 2 is 2.00 bits per heavy atom. The molecule has 0 aliphatic carbocycles. The number of carbonyl (C=O) groups excluding carboxylic acids is 1. The van der Waals surface area contributed by atoms with E-state index in [0.717, 1.165) is 12.1 Å². The van der Waals surface area contributed by atoms with Crippen molar-refractivity contribution in [3.05, 3.63) is 59.7 Å². The second kappa shape index (κ2) is 7.18. The van der Waals surface area contributed by atoms with Crippen molar-refractivity contribution < 1.29 is 4.79 Å². The zero-order valence-corrected chi connectivity index (χ0v) is 13.6. The van der Waals surface area contributed by atoms with Crippen LogP contribution in [0.2, 0.25) is 0 Å². The van der Waals surface area contributed by atoms with Gasteiger partial charge in [0.25, 0.3) is 11.7 Å². The molecule has 0 aliphatic heterocycles. The van der Waals surface area contributed by atoms with Crippen LogP contribution < -0.4 is 5.73 Å². The maximum Gasteiger partial charge on any atom is 0.293 e. The first-order chi connectivity index (χ1) is 11.7. The summed E-state index contributed by atoms with van der Waals surface area (Å²) in [6, 6.07) is 11.9. The number of benzene rings is 1. The van der Waals surface area contributed by atoms with Gasteiger partial charge in [0.1, 0.15) is 0 Å². The fraction of sp³-hybridized carbons (Fsp3) is 0.294. The van der Waals surface area contributed by atoms with Crippen molar-refractivity contribution in [1.29, 1.82) is 0 Å². The molecular formula is C17H20N6O. The molecule has 0 saturated heterocycles. The van der Waals surface area contributed by atoms with Crippen molar-refractivity contribution in [2.75, 3.05) is 19.6 Å². The lowest BCUT2D eigenvalue weighted by molar-refractivity contribution is 0.0750. The summed E-state index contributed by atoms with van der Waals surface area (Å²) in [5, 5.41) is 4.28. The minimum absolute atomic E-state index is 0.151. The van der Waals surface area contributed by atoms with Crippen LogP contribution >= 0.6 is 0 Å². The Morgan fingerprint density at radius 1 is 1.21 bits per heavy atom. The van der Waals surface area contributed by atoms with Crippen LogP contribution in [0.3, 0.4) is 0 Å². The maximum absolute atomic E-state index is 12.7. The van der Waals surface area contributed by atoms with Crippen molar-refractivity contribution >= 4 is 11.7 Å². The fourth-order valence-corrected chi connectivity index (χ4v) is 2.52. The van der Waals surface area contributed by atoms with Crippen LogP contribution in [-0.2, 0) is 6.42 Å². The zero-order valence-electron chi connectivity index (χ0n) is 13.6. The molecule has 2 heterocycles. The summed E-state index contributed by atoms with van der Waals surface area (Å²) < 4.78 is 1.57. The molecule has 0 fully saturated rings. The smallest absolute Gasteiger partial charge is 0.293 e. The maximum atomic E-state index is 12.7. The molecule has 3 rings (SSSR count). The van der Waals surface area contributed by atoms with Gasteiger partial charge in [-0.3, -0.25) is 4.79 Å².